The SMILES string of the molecule is Cc1ccc(S(=O)(=O)N(CCC(N)=NO)CC(C)C)s1. The van der Waals surface area contributed by atoms with Crippen molar-refractivity contribution < 1.29 is 13.6 Å². The van der Waals surface area contributed by atoms with Crippen LogP contribution in [0.2, 0.25) is 0 Å². The zero-order chi connectivity index (χ0) is 15.3. The summed E-state index contributed by atoms with van der Waals surface area (Å²) in [7, 11) is -3.52. The van der Waals surface area contributed by atoms with E-state index in [4.69, 9.17) is 10.9 Å². The minimum atomic E-state index is -3.52. The fourth-order valence-electron chi connectivity index (χ4n) is 1.68. The number of rotatable bonds is 7. The molecule has 0 fully saturated rings. The molecule has 1 rings (SSSR count). The van der Waals surface area contributed by atoms with Gasteiger partial charge in [0.05, 0.1) is 0 Å². The lowest BCUT2D eigenvalue weighted by Gasteiger charge is -2.23. The number of sulfonamides is 1. The molecule has 114 valence electrons. The Labute approximate surface area is 123 Å². The molecule has 0 aliphatic heterocycles. The molecule has 20 heavy (non-hydrogen) atoms. The van der Waals surface area contributed by atoms with Crippen molar-refractivity contribution in [2.24, 2.45) is 16.8 Å². The predicted molar refractivity (Wildman–Crippen MR) is 80.7 cm³/mol. The van der Waals surface area contributed by atoms with Gasteiger partial charge in [-0.3, -0.25) is 0 Å². The Kier molecular flexibility index (Phi) is 5.97. The Morgan fingerprint density at radius 2 is 2.15 bits per heavy atom. The number of oxime groups is 1. The monoisotopic (exact) mass is 319 g/mol. The standard InChI is InChI=1S/C12H21N3O3S2/c1-9(2)8-15(7-6-11(13)14-16)20(17,18)12-5-4-10(3)19-12/h4-5,9,16H,6-8H2,1-3H3,(H2,13,14). The highest BCUT2D eigenvalue weighted by atomic mass is 32.2. The van der Waals surface area contributed by atoms with Crippen molar-refractivity contribution in [2.45, 2.75) is 31.4 Å². The van der Waals surface area contributed by atoms with Crippen LogP contribution in [0.4, 0.5) is 0 Å². The molecule has 6 nitrogen and oxygen atoms in total. The summed E-state index contributed by atoms with van der Waals surface area (Å²) in [5.41, 5.74) is 5.42. The summed E-state index contributed by atoms with van der Waals surface area (Å²) < 4.78 is 26.9. The third kappa shape index (κ3) is 4.46. The quantitative estimate of drug-likeness (QED) is 0.347. The van der Waals surface area contributed by atoms with E-state index >= 15 is 0 Å². The molecule has 0 amide bonds. The van der Waals surface area contributed by atoms with Gasteiger partial charge < -0.3 is 10.9 Å². The van der Waals surface area contributed by atoms with Gasteiger partial charge in [0, 0.05) is 24.4 Å². The third-order valence-corrected chi connectivity index (χ3v) is 5.96. The van der Waals surface area contributed by atoms with Gasteiger partial charge in [0.25, 0.3) is 10.0 Å². The molecule has 1 aromatic heterocycles. The maximum atomic E-state index is 12.6. The van der Waals surface area contributed by atoms with Gasteiger partial charge in [-0.15, -0.1) is 11.3 Å². The van der Waals surface area contributed by atoms with Crippen LogP contribution in [0.25, 0.3) is 0 Å². The molecule has 1 heterocycles. The molecular formula is C12H21N3O3S2. The maximum absolute atomic E-state index is 12.6. The van der Waals surface area contributed by atoms with Gasteiger partial charge in [-0.25, -0.2) is 8.42 Å². The molecular weight excluding hydrogens is 298 g/mol. The topological polar surface area (TPSA) is 96.0 Å². The minimum absolute atomic E-state index is 0.0244. The van der Waals surface area contributed by atoms with Gasteiger partial charge in [-0.05, 0) is 25.0 Å². The summed E-state index contributed by atoms with van der Waals surface area (Å²) >= 11 is 1.25. The number of amidine groups is 1. The Morgan fingerprint density at radius 1 is 1.50 bits per heavy atom. The van der Waals surface area contributed by atoms with E-state index in [1.807, 2.05) is 20.8 Å². The zero-order valence-corrected chi connectivity index (χ0v) is 13.5. The predicted octanol–water partition coefficient (Wildman–Crippen LogP) is 1.84. The highest BCUT2D eigenvalue weighted by Gasteiger charge is 2.26. The lowest BCUT2D eigenvalue weighted by molar-refractivity contribution is 0.314. The number of aryl methyl sites for hydroxylation is 1. The van der Waals surface area contributed by atoms with Crippen LogP contribution < -0.4 is 5.73 Å². The summed E-state index contributed by atoms with van der Waals surface area (Å²) in [5.74, 6) is 0.217. The third-order valence-electron chi connectivity index (χ3n) is 2.62. The van der Waals surface area contributed by atoms with Gasteiger partial charge in [0.15, 0.2) is 0 Å². The van der Waals surface area contributed by atoms with E-state index in [9.17, 15) is 8.42 Å². The molecule has 0 aliphatic carbocycles. The average molecular weight is 319 g/mol. The Hall–Kier alpha value is -1.12. The lowest BCUT2D eigenvalue weighted by atomic mass is 10.2. The van der Waals surface area contributed by atoms with Crippen LogP contribution in [-0.2, 0) is 10.0 Å². The Morgan fingerprint density at radius 3 is 2.60 bits per heavy atom. The van der Waals surface area contributed by atoms with Crippen LogP contribution in [-0.4, -0.2) is 36.9 Å². The molecule has 0 aliphatic rings. The van der Waals surface area contributed by atoms with Crippen LogP contribution in [0, 0.1) is 12.8 Å². The summed E-state index contributed by atoms with van der Waals surface area (Å²) in [5, 5.41) is 11.4. The van der Waals surface area contributed by atoms with Crippen LogP contribution in [0.3, 0.4) is 0 Å². The Bertz CT molecular complexity index is 564. The van der Waals surface area contributed by atoms with Crippen LogP contribution in [0.5, 0.6) is 0 Å². The normalized spacial score (nSPS) is 13.3. The molecule has 0 bridgehead atoms. The van der Waals surface area contributed by atoms with E-state index in [0.29, 0.717) is 10.8 Å². The van der Waals surface area contributed by atoms with E-state index < -0.39 is 10.0 Å². The van der Waals surface area contributed by atoms with E-state index in [0.717, 1.165) is 4.88 Å². The molecule has 0 aromatic carbocycles. The van der Waals surface area contributed by atoms with Crippen molar-refractivity contribution in [3.63, 3.8) is 0 Å². The van der Waals surface area contributed by atoms with Crippen molar-refractivity contribution in [2.75, 3.05) is 13.1 Å². The molecule has 0 spiro atoms. The number of nitrogens with zero attached hydrogens (tertiary/aromatic N) is 2. The second-order valence-electron chi connectivity index (χ2n) is 4.96. The molecule has 8 heteroatoms. The molecule has 0 atom stereocenters. The van der Waals surface area contributed by atoms with Crippen LogP contribution in [0.1, 0.15) is 25.1 Å². The van der Waals surface area contributed by atoms with E-state index in [1.165, 1.54) is 15.6 Å². The molecule has 0 unspecified atom stereocenters. The minimum Gasteiger partial charge on any atom is -0.409 e. The van der Waals surface area contributed by atoms with Crippen LogP contribution in [0.15, 0.2) is 21.5 Å². The number of hydrogen-bond acceptors (Lipinski definition) is 5. The summed E-state index contributed by atoms with van der Waals surface area (Å²) in [6.45, 7) is 6.37. The lowest BCUT2D eigenvalue weighted by Crippen LogP contribution is -2.36. The van der Waals surface area contributed by atoms with Crippen molar-refractivity contribution in [1.29, 1.82) is 0 Å². The second-order valence-corrected chi connectivity index (χ2v) is 8.42. The number of hydrogen-bond donors (Lipinski definition) is 2. The van der Waals surface area contributed by atoms with Gasteiger partial charge in [-0.1, -0.05) is 19.0 Å². The van der Waals surface area contributed by atoms with E-state index in [-0.39, 0.29) is 24.7 Å². The van der Waals surface area contributed by atoms with Gasteiger partial charge in [-0.2, -0.15) is 4.31 Å². The Balaban J connectivity index is 2.97. The first-order chi connectivity index (χ1) is 9.27. The summed E-state index contributed by atoms with van der Waals surface area (Å²) in [6.07, 6.45) is 0.201. The molecule has 3 N–H and O–H groups in total. The largest absolute Gasteiger partial charge is 0.409 e. The van der Waals surface area contributed by atoms with Gasteiger partial charge in [0.1, 0.15) is 10.0 Å². The molecule has 0 radical (unpaired) electrons. The second kappa shape index (κ2) is 7.05. The summed E-state index contributed by atoms with van der Waals surface area (Å²) in [4.78, 5) is 0.949. The van der Waals surface area contributed by atoms with Gasteiger partial charge in [0.2, 0.25) is 0 Å². The molecule has 1 aromatic rings. The fourth-order valence-corrected chi connectivity index (χ4v) is 4.73. The van der Waals surface area contributed by atoms with Crippen molar-refractivity contribution >= 4 is 27.2 Å². The maximum Gasteiger partial charge on any atom is 0.252 e. The van der Waals surface area contributed by atoms with Gasteiger partial charge >= 0.3 is 0 Å². The zero-order valence-electron chi connectivity index (χ0n) is 11.9. The molecule has 0 saturated carbocycles. The van der Waals surface area contributed by atoms with Crippen molar-refractivity contribution in [3.05, 3.63) is 17.0 Å². The first-order valence-electron chi connectivity index (χ1n) is 6.30. The molecule has 0 saturated heterocycles. The highest BCUT2D eigenvalue weighted by molar-refractivity contribution is 7.91. The van der Waals surface area contributed by atoms with E-state index in [2.05, 4.69) is 5.16 Å². The van der Waals surface area contributed by atoms with E-state index in [1.54, 1.807) is 12.1 Å². The first kappa shape index (κ1) is 16.9. The number of nitrogens with two attached hydrogens (primary N) is 1. The number of thiophene rings is 1. The highest BCUT2D eigenvalue weighted by Crippen LogP contribution is 2.25. The van der Waals surface area contributed by atoms with Crippen LogP contribution >= 0.6 is 11.3 Å². The first-order valence-corrected chi connectivity index (χ1v) is 8.56. The van der Waals surface area contributed by atoms with Crippen molar-refractivity contribution in [1.82, 2.24) is 4.31 Å². The summed E-state index contributed by atoms with van der Waals surface area (Å²) in [6, 6.07) is 3.40. The average Bonchev–Trinajstić information content (AvgIpc) is 2.80. The van der Waals surface area contributed by atoms with Crippen molar-refractivity contribution in [3.8, 4) is 0 Å². The smallest absolute Gasteiger partial charge is 0.252 e. The fraction of sp³-hybridized carbons (Fsp3) is 0.583.